The van der Waals surface area contributed by atoms with E-state index in [2.05, 4.69) is 36.4 Å². The van der Waals surface area contributed by atoms with Crippen LogP contribution in [0.25, 0.3) is 0 Å². The van der Waals surface area contributed by atoms with Gasteiger partial charge in [-0.2, -0.15) is 5.10 Å². The van der Waals surface area contributed by atoms with Gasteiger partial charge in [0.1, 0.15) is 5.75 Å². The SMILES string of the molecule is CCCOc1ccccc1C(NCC)c1ccnn1C. The van der Waals surface area contributed by atoms with E-state index in [1.54, 1.807) is 0 Å². The monoisotopic (exact) mass is 273 g/mol. The molecule has 1 atom stereocenters. The average Bonchev–Trinajstić information content (AvgIpc) is 2.89. The topological polar surface area (TPSA) is 39.1 Å². The molecule has 2 aromatic rings. The van der Waals surface area contributed by atoms with Gasteiger partial charge in [0.15, 0.2) is 0 Å². The quantitative estimate of drug-likeness (QED) is 0.843. The number of para-hydroxylation sites is 1. The molecule has 0 amide bonds. The van der Waals surface area contributed by atoms with Crippen LogP contribution in [0.4, 0.5) is 0 Å². The summed E-state index contributed by atoms with van der Waals surface area (Å²) >= 11 is 0. The van der Waals surface area contributed by atoms with Crippen molar-refractivity contribution in [1.29, 1.82) is 0 Å². The molecule has 0 aliphatic rings. The number of benzene rings is 1. The molecule has 0 bridgehead atoms. The van der Waals surface area contributed by atoms with Crippen LogP contribution in [0.2, 0.25) is 0 Å². The average molecular weight is 273 g/mol. The summed E-state index contributed by atoms with van der Waals surface area (Å²) < 4.78 is 7.79. The van der Waals surface area contributed by atoms with Gasteiger partial charge in [-0.25, -0.2) is 0 Å². The van der Waals surface area contributed by atoms with E-state index in [-0.39, 0.29) is 6.04 Å². The second-order valence-corrected chi connectivity index (χ2v) is 4.76. The minimum Gasteiger partial charge on any atom is -0.493 e. The van der Waals surface area contributed by atoms with Crippen molar-refractivity contribution in [2.24, 2.45) is 7.05 Å². The minimum atomic E-state index is 0.0977. The molecule has 1 heterocycles. The Balaban J connectivity index is 2.36. The van der Waals surface area contributed by atoms with E-state index in [1.807, 2.05) is 36.1 Å². The molecule has 0 saturated heterocycles. The normalized spacial score (nSPS) is 12.3. The van der Waals surface area contributed by atoms with Crippen LogP contribution in [0.1, 0.15) is 37.6 Å². The fourth-order valence-corrected chi connectivity index (χ4v) is 2.31. The highest BCUT2D eigenvalue weighted by atomic mass is 16.5. The van der Waals surface area contributed by atoms with Crippen molar-refractivity contribution in [2.45, 2.75) is 26.3 Å². The molecule has 0 aliphatic carbocycles. The summed E-state index contributed by atoms with van der Waals surface area (Å²) in [5, 5.41) is 7.79. The van der Waals surface area contributed by atoms with Gasteiger partial charge < -0.3 is 10.1 Å². The van der Waals surface area contributed by atoms with Gasteiger partial charge in [-0.15, -0.1) is 0 Å². The van der Waals surface area contributed by atoms with Crippen molar-refractivity contribution >= 4 is 0 Å². The Labute approximate surface area is 120 Å². The molecular weight excluding hydrogens is 250 g/mol. The molecule has 1 aromatic carbocycles. The van der Waals surface area contributed by atoms with Crippen LogP contribution in [0.15, 0.2) is 36.5 Å². The summed E-state index contributed by atoms with van der Waals surface area (Å²) in [4.78, 5) is 0. The number of rotatable bonds is 7. The van der Waals surface area contributed by atoms with Gasteiger partial charge >= 0.3 is 0 Å². The number of aromatic nitrogens is 2. The summed E-state index contributed by atoms with van der Waals surface area (Å²) in [6, 6.07) is 10.4. The van der Waals surface area contributed by atoms with Crippen molar-refractivity contribution in [3.8, 4) is 5.75 Å². The van der Waals surface area contributed by atoms with Gasteiger partial charge in [0.2, 0.25) is 0 Å². The number of nitrogens with one attached hydrogen (secondary N) is 1. The van der Waals surface area contributed by atoms with E-state index in [0.29, 0.717) is 0 Å². The van der Waals surface area contributed by atoms with Crippen LogP contribution in [0.5, 0.6) is 5.75 Å². The van der Waals surface area contributed by atoms with Crippen LogP contribution in [0, 0.1) is 0 Å². The predicted molar refractivity (Wildman–Crippen MR) is 81.0 cm³/mol. The van der Waals surface area contributed by atoms with E-state index < -0.39 is 0 Å². The van der Waals surface area contributed by atoms with E-state index in [1.165, 1.54) is 0 Å². The maximum absolute atomic E-state index is 5.88. The Morgan fingerprint density at radius 1 is 1.25 bits per heavy atom. The summed E-state index contributed by atoms with van der Waals surface area (Å²) in [7, 11) is 1.97. The fourth-order valence-electron chi connectivity index (χ4n) is 2.31. The molecule has 1 aromatic heterocycles. The molecule has 0 aliphatic heterocycles. The molecule has 0 fully saturated rings. The molecule has 0 radical (unpaired) electrons. The first kappa shape index (κ1) is 14.6. The molecule has 0 saturated carbocycles. The molecule has 1 N–H and O–H groups in total. The third-order valence-corrected chi connectivity index (χ3v) is 3.25. The highest BCUT2D eigenvalue weighted by Gasteiger charge is 2.19. The number of hydrogen-bond donors (Lipinski definition) is 1. The van der Waals surface area contributed by atoms with Gasteiger partial charge in [0.25, 0.3) is 0 Å². The minimum absolute atomic E-state index is 0.0977. The van der Waals surface area contributed by atoms with Crippen molar-refractivity contribution in [3.63, 3.8) is 0 Å². The first-order valence-corrected chi connectivity index (χ1v) is 7.20. The third-order valence-electron chi connectivity index (χ3n) is 3.25. The van der Waals surface area contributed by atoms with Crippen molar-refractivity contribution in [2.75, 3.05) is 13.2 Å². The second-order valence-electron chi connectivity index (χ2n) is 4.76. The third kappa shape index (κ3) is 3.20. The lowest BCUT2D eigenvalue weighted by Gasteiger charge is -2.21. The zero-order valence-corrected chi connectivity index (χ0v) is 12.5. The number of nitrogens with zero attached hydrogens (tertiary/aromatic N) is 2. The van der Waals surface area contributed by atoms with Gasteiger partial charge in [-0.3, -0.25) is 4.68 Å². The Morgan fingerprint density at radius 2 is 2.05 bits per heavy atom. The van der Waals surface area contributed by atoms with Crippen LogP contribution >= 0.6 is 0 Å². The highest BCUT2D eigenvalue weighted by molar-refractivity contribution is 5.40. The lowest BCUT2D eigenvalue weighted by atomic mass is 10.0. The second kappa shape index (κ2) is 7.10. The van der Waals surface area contributed by atoms with E-state index >= 15 is 0 Å². The Bertz CT molecular complexity index is 536. The lowest BCUT2D eigenvalue weighted by Crippen LogP contribution is -2.24. The summed E-state index contributed by atoms with van der Waals surface area (Å²) in [5.74, 6) is 0.946. The molecule has 1 unspecified atom stereocenters. The lowest BCUT2D eigenvalue weighted by molar-refractivity contribution is 0.311. The Hall–Kier alpha value is -1.81. The van der Waals surface area contributed by atoms with Crippen molar-refractivity contribution < 1.29 is 4.74 Å². The van der Waals surface area contributed by atoms with Gasteiger partial charge in [0, 0.05) is 18.8 Å². The van der Waals surface area contributed by atoms with Crippen molar-refractivity contribution in [3.05, 3.63) is 47.8 Å². The first-order valence-electron chi connectivity index (χ1n) is 7.20. The maximum Gasteiger partial charge on any atom is 0.124 e. The van der Waals surface area contributed by atoms with Crippen molar-refractivity contribution in [1.82, 2.24) is 15.1 Å². The molecule has 4 nitrogen and oxygen atoms in total. The smallest absolute Gasteiger partial charge is 0.124 e. The van der Waals surface area contributed by atoms with E-state index in [0.717, 1.165) is 36.6 Å². The summed E-state index contributed by atoms with van der Waals surface area (Å²) in [6.45, 7) is 5.85. The molecule has 4 heteroatoms. The summed E-state index contributed by atoms with van der Waals surface area (Å²) in [5.41, 5.74) is 2.30. The first-order chi connectivity index (χ1) is 9.77. The van der Waals surface area contributed by atoms with Gasteiger partial charge in [0.05, 0.1) is 18.3 Å². The molecule has 2 rings (SSSR count). The predicted octanol–water partition coefficient (Wildman–Crippen LogP) is 2.91. The van der Waals surface area contributed by atoms with Crippen LogP contribution in [-0.2, 0) is 7.05 Å². The number of hydrogen-bond acceptors (Lipinski definition) is 3. The Kier molecular flexibility index (Phi) is 5.18. The summed E-state index contributed by atoms with van der Waals surface area (Å²) in [6.07, 6.45) is 2.83. The zero-order chi connectivity index (χ0) is 14.4. The van der Waals surface area contributed by atoms with E-state index in [4.69, 9.17) is 4.74 Å². The van der Waals surface area contributed by atoms with Crippen LogP contribution in [0.3, 0.4) is 0 Å². The highest BCUT2D eigenvalue weighted by Crippen LogP contribution is 2.29. The number of ether oxygens (including phenoxy) is 1. The number of aryl methyl sites for hydroxylation is 1. The molecular formula is C16H23N3O. The van der Waals surface area contributed by atoms with Crippen LogP contribution in [-0.4, -0.2) is 22.9 Å². The standard InChI is InChI=1S/C16H23N3O/c1-4-12-20-15-9-7-6-8-13(15)16(17-5-2)14-10-11-18-19(14)3/h6-11,16-17H,4-5,12H2,1-3H3. The van der Waals surface area contributed by atoms with Gasteiger partial charge in [-0.05, 0) is 25.1 Å². The fraction of sp³-hybridized carbons (Fsp3) is 0.438. The Morgan fingerprint density at radius 3 is 2.70 bits per heavy atom. The largest absolute Gasteiger partial charge is 0.493 e. The van der Waals surface area contributed by atoms with Crippen LogP contribution < -0.4 is 10.1 Å². The molecule has 0 spiro atoms. The molecule has 20 heavy (non-hydrogen) atoms. The maximum atomic E-state index is 5.88. The zero-order valence-electron chi connectivity index (χ0n) is 12.5. The molecule has 108 valence electrons. The van der Waals surface area contributed by atoms with Gasteiger partial charge in [-0.1, -0.05) is 32.0 Å². The van der Waals surface area contributed by atoms with E-state index in [9.17, 15) is 0 Å².